The summed E-state index contributed by atoms with van der Waals surface area (Å²) in [5, 5.41) is 2.71. The molecule has 1 saturated carbocycles. The van der Waals surface area contributed by atoms with E-state index in [0.717, 1.165) is 28.6 Å². The second kappa shape index (κ2) is 6.20. The summed E-state index contributed by atoms with van der Waals surface area (Å²) in [6.07, 6.45) is 1.92. The number of halogens is 1. The molecule has 3 rings (SSSR count). The van der Waals surface area contributed by atoms with Gasteiger partial charge < -0.3 is 0 Å². The summed E-state index contributed by atoms with van der Waals surface area (Å²) in [7, 11) is -3.41. The Kier molecular flexibility index (Phi) is 4.49. The standard InChI is InChI=1S/C15H16BrNO2S2/c16-10-12-3-7-15(8-4-12)21(18,19)17(13-5-6-13)11-14-2-1-9-20-14/h1-4,7-9,13H,5-6,10-11H2. The lowest BCUT2D eigenvalue weighted by Crippen LogP contribution is -2.32. The summed E-state index contributed by atoms with van der Waals surface area (Å²) in [4.78, 5) is 1.47. The van der Waals surface area contributed by atoms with E-state index in [1.54, 1.807) is 27.8 Å². The lowest BCUT2D eigenvalue weighted by Gasteiger charge is -2.21. The zero-order chi connectivity index (χ0) is 14.9. The van der Waals surface area contributed by atoms with Crippen LogP contribution >= 0.6 is 27.3 Å². The topological polar surface area (TPSA) is 37.4 Å². The molecule has 0 unspecified atom stereocenters. The number of hydrogen-bond donors (Lipinski definition) is 0. The Bertz CT molecular complexity index is 692. The summed E-state index contributed by atoms with van der Waals surface area (Å²) in [6.45, 7) is 0.477. The monoisotopic (exact) mass is 385 g/mol. The van der Waals surface area contributed by atoms with Crippen molar-refractivity contribution in [3.63, 3.8) is 0 Å². The van der Waals surface area contributed by atoms with Crippen LogP contribution in [0.2, 0.25) is 0 Å². The summed E-state index contributed by atoms with van der Waals surface area (Å²) in [6, 6.07) is 11.2. The van der Waals surface area contributed by atoms with Crippen LogP contribution in [-0.2, 0) is 21.9 Å². The number of rotatable bonds is 6. The number of hydrogen-bond acceptors (Lipinski definition) is 3. The molecular weight excluding hydrogens is 370 g/mol. The maximum atomic E-state index is 12.9. The van der Waals surface area contributed by atoms with Crippen LogP contribution in [-0.4, -0.2) is 18.8 Å². The largest absolute Gasteiger partial charge is 0.243 e. The maximum Gasteiger partial charge on any atom is 0.243 e. The molecule has 0 atom stereocenters. The van der Waals surface area contributed by atoms with E-state index >= 15 is 0 Å². The second-order valence-corrected chi connectivity index (χ2v) is 8.62. The Labute approximate surface area is 137 Å². The minimum absolute atomic E-state index is 0.160. The third-order valence-corrected chi connectivity index (χ3v) is 6.95. The molecule has 1 heterocycles. The van der Waals surface area contributed by atoms with Gasteiger partial charge in [0.1, 0.15) is 0 Å². The van der Waals surface area contributed by atoms with Crippen LogP contribution in [0.5, 0.6) is 0 Å². The second-order valence-electron chi connectivity index (χ2n) is 5.14. The lowest BCUT2D eigenvalue weighted by molar-refractivity contribution is 0.401. The van der Waals surface area contributed by atoms with Crippen LogP contribution in [0, 0.1) is 0 Å². The molecular formula is C15H16BrNO2S2. The van der Waals surface area contributed by atoms with Crippen LogP contribution in [0.25, 0.3) is 0 Å². The molecule has 1 aliphatic carbocycles. The maximum absolute atomic E-state index is 12.9. The number of benzene rings is 1. The van der Waals surface area contributed by atoms with E-state index in [0.29, 0.717) is 11.4 Å². The zero-order valence-electron chi connectivity index (χ0n) is 11.4. The smallest absolute Gasteiger partial charge is 0.207 e. The predicted molar refractivity (Wildman–Crippen MR) is 89.1 cm³/mol. The van der Waals surface area contributed by atoms with Gasteiger partial charge in [0.2, 0.25) is 10.0 Å². The normalized spacial score (nSPS) is 15.5. The molecule has 0 bridgehead atoms. The van der Waals surface area contributed by atoms with E-state index in [9.17, 15) is 8.42 Å². The fourth-order valence-corrected chi connectivity index (χ4v) is 5.04. The average Bonchev–Trinajstić information content (AvgIpc) is 3.20. The van der Waals surface area contributed by atoms with E-state index in [1.165, 1.54) is 0 Å². The minimum Gasteiger partial charge on any atom is -0.207 e. The number of thiophene rings is 1. The molecule has 0 spiro atoms. The molecule has 0 aliphatic heterocycles. The molecule has 6 heteroatoms. The van der Waals surface area contributed by atoms with E-state index in [4.69, 9.17) is 0 Å². The van der Waals surface area contributed by atoms with Gasteiger partial charge >= 0.3 is 0 Å². The van der Waals surface area contributed by atoms with Crippen LogP contribution in [0.15, 0.2) is 46.7 Å². The molecule has 1 aromatic heterocycles. The highest BCUT2D eigenvalue weighted by atomic mass is 79.9. The zero-order valence-corrected chi connectivity index (χ0v) is 14.6. The fraction of sp³-hybridized carbons (Fsp3) is 0.333. The van der Waals surface area contributed by atoms with Gasteiger partial charge in [-0.3, -0.25) is 0 Å². The SMILES string of the molecule is O=S(=O)(c1ccc(CBr)cc1)N(Cc1cccs1)C1CC1. The summed E-state index contributed by atoms with van der Waals surface area (Å²) in [5.74, 6) is 0. The quantitative estimate of drug-likeness (QED) is 0.704. The number of sulfonamides is 1. The van der Waals surface area contributed by atoms with Crippen molar-refractivity contribution in [3.05, 3.63) is 52.2 Å². The highest BCUT2D eigenvalue weighted by Crippen LogP contribution is 2.34. The molecule has 0 amide bonds. The van der Waals surface area contributed by atoms with Crippen molar-refractivity contribution in [2.24, 2.45) is 0 Å². The van der Waals surface area contributed by atoms with Crippen LogP contribution < -0.4 is 0 Å². The van der Waals surface area contributed by atoms with Gasteiger partial charge in [-0.2, -0.15) is 4.31 Å². The molecule has 1 fully saturated rings. The summed E-state index contributed by atoms with van der Waals surface area (Å²) >= 11 is 4.98. The molecule has 1 aliphatic rings. The first-order chi connectivity index (χ1) is 10.1. The molecule has 3 nitrogen and oxygen atoms in total. The van der Waals surface area contributed by atoms with Gasteiger partial charge in [0.05, 0.1) is 4.90 Å². The van der Waals surface area contributed by atoms with Crippen LogP contribution in [0.1, 0.15) is 23.3 Å². The number of nitrogens with zero attached hydrogens (tertiary/aromatic N) is 1. The van der Waals surface area contributed by atoms with E-state index in [2.05, 4.69) is 15.9 Å². The summed E-state index contributed by atoms with van der Waals surface area (Å²) < 4.78 is 27.4. The molecule has 2 aromatic rings. The lowest BCUT2D eigenvalue weighted by atomic mass is 10.2. The van der Waals surface area contributed by atoms with Gasteiger partial charge in [0.15, 0.2) is 0 Å². The first kappa shape index (κ1) is 15.2. The van der Waals surface area contributed by atoms with Crippen LogP contribution in [0.4, 0.5) is 0 Å². The Hall–Kier alpha value is -0.690. The van der Waals surface area contributed by atoms with Gasteiger partial charge in [-0.25, -0.2) is 8.42 Å². The fourth-order valence-electron chi connectivity index (χ4n) is 2.21. The van der Waals surface area contributed by atoms with Crippen LogP contribution in [0.3, 0.4) is 0 Å². The Morgan fingerprint density at radius 3 is 2.43 bits per heavy atom. The Morgan fingerprint density at radius 1 is 1.19 bits per heavy atom. The van der Waals surface area contributed by atoms with Crippen molar-refractivity contribution in [1.29, 1.82) is 0 Å². The van der Waals surface area contributed by atoms with Crippen molar-refractivity contribution in [1.82, 2.24) is 4.31 Å². The highest BCUT2D eigenvalue weighted by Gasteiger charge is 2.38. The van der Waals surface area contributed by atoms with Gasteiger partial charge in [-0.1, -0.05) is 34.1 Å². The number of alkyl halides is 1. The third kappa shape index (κ3) is 3.39. The van der Waals surface area contributed by atoms with Crippen molar-refractivity contribution in [2.45, 2.75) is 35.7 Å². The van der Waals surface area contributed by atoms with Gasteiger partial charge in [0, 0.05) is 22.8 Å². The predicted octanol–water partition coefficient (Wildman–Crippen LogP) is 4.00. The molecule has 0 saturated heterocycles. The first-order valence-electron chi connectivity index (χ1n) is 6.80. The van der Waals surface area contributed by atoms with Crippen molar-refractivity contribution in [2.75, 3.05) is 0 Å². The van der Waals surface area contributed by atoms with Crippen molar-refractivity contribution >= 4 is 37.3 Å². The molecule has 0 radical (unpaired) electrons. The highest BCUT2D eigenvalue weighted by molar-refractivity contribution is 9.08. The third-order valence-electron chi connectivity index (χ3n) is 3.53. The Morgan fingerprint density at radius 2 is 1.90 bits per heavy atom. The average molecular weight is 386 g/mol. The van der Waals surface area contributed by atoms with E-state index in [1.807, 2.05) is 29.6 Å². The molecule has 112 valence electrons. The van der Waals surface area contributed by atoms with Crippen molar-refractivity contribution in [3.8, 4) is 0 Å². The minimum atomic E-state index is -3.41. The molecule has 1 aromatic carbocycles. The molecule has 0 N–H and O–H groups in total. The van der Waals surface area contributed by atoms with Gasteiger partial charge in [-0.05, 0) is 42.0 Å². The Balaban J connectivity index is 1.89. The molecule has 21 heavy (non-hydrogen) atoms. The van der Waals surface area contributed by atoms with Gasteiger partial charge in [-0.15, -0.1) is 11.3 Å². The van der Waals surface area contributed by atoms with Gasteiger partial charge in [0.25, 0.3) is 0 Å². The van der Waals surface area contributed by atoms with Crippen molar-refractivity contribution < 1.29 is 8.42 Å². The first-order valence-corrected chi connectivity index (χ1v) is 10.2. The van der Waals surface area contributed by atoms with E-state index < -0.39 is 10.0 Å². The van der Waals surface area contributed by atoms with E-state index in [-0.39, 0.29) is 6.04 Å². The summed E-state index contributed by atoms with van der Waals surface area (Å²) in [5.41, 5.74) is 1.07.